The molecule has 0 aliphatic rings. The average Bonchev–Trinajstić information content (AvgIpc) is 1.86. The quantitative estimate of drug-likeness (QED) is 0.505. The second kappa shape index (κ2) is 2.23. The molecule has 40 valence electrons. The van der Waals surface area contributed by atoms with E-state index in [1.165, 1.54) is 12.3 Å². The van der Waals surface area contributed by atoms with Gasteiger partial charge in [0.25, 0.3) is 0 Å². The normalized spacial score (nSPS) is 7.43. The number of nitrogens with zero attached hydrogens (tertiary/aromatic N) is 1. The van der Waals surface area contributed by atoms with E-state index in [0.717, 1.165) is 0 Å². The summed E-state index contributed by atoms with van der Waals surface area (Å²) in [6.45, 7) is 0. The van der Waals surface area contributed by atoms with Crippen LogP contribution in [0.25, 0.3) is 0 Å². The summed E-state index contributed by atoms with van der Waals surface area (Å²) in [5, 5.41) is 14.1. The molecule has 0 bridgehead atoms. The summed E-state index contributed by atoms with van der Waals surface area (Å²) in [4.78, 5) is 0. The molecule has 0 atom stereocenters. The highest BCUT2D eigenvalue weighted by Gasteiger charge is 1.77. The average molecular weight is 100 g/mol. The van der Waals surface area contributed by atoms with Crippen LogP contribution in [0.5, 0.6) is 5.88 Å². The van der Waals surface area contributed by atoms with E-state index in [1.54, 1.807) is 0 Å². The minimum atomic E-state index is 0. The molecule has 3 nitrogen and oxygen atoms in total. The van der Waals surface area contributed by atoms with Crippen molar-refractivity contribution in [2.75, 3.05) is 0 Å². The Balaban J connectivity index is 0.000000360. The first-order valence-electron chi connectivity index (χ1n) is 1.58. The number of aromatic hydroxyl groups is 1. The largest absolute Gasteiger partial charge is 0.494 e. The molecule has 0 unspecified atom stereocenters. The summed E-state index contributed by atoms with van der Waals surface area (Å²) in [6.07, 6.45) is 1.48. The van der Waals surface area contributed by atoms with Gasteiger partial charge in [0.1, 0.15) is 0 Å². The Kier molecular flexibility index (Phi) is 1.91. The molecule has 1 rings (SSSR count). The van der Waals surface area contributed by atoms with Crippen LogP contribution in [0.3, 0.4) is 0 Å². The van der Waals surface area contributed by atoms with Gasteiger partial charge in [-0.3, -0.25) is 0 Å². The predicted octanol–water partition coefficient (Wildman–Crippen LogP) is 0.751. The number of hydrogen-bond donors (Lipinski definition) is 2. The molecule has 0 amide bonds. The molecule has 1 aromatic rings. The third-order valence-corrected chi connectivity index (χ3v) is 0.486. The van der Waals surface area contributed by atoms with E-state index < -0.39 is 0 Å². The lowest BCUT2D eigenvalue weighted by Gasteiger charge is -1.69. The Labute approximate surface area is 42.0 Å². The molecule has 1 aromatic heterocycles. The number of aromatic nitrogens is 2. The highest BCUT2D eigenvalue weighted by atomic mass is 16.3. The van der Waals surface area contributed by atoms with E-state index in [-0.39, 0.29) is 13.3 Å². The molecule has 2 N–H and O–H groups in total. The number of hydrogen-bond acceptors (Lipinski definition) is 2. The van der Waals surface area contributed by atoms with Gasteiger partial charge in [0.15, 0.2) is 0 Å². The third kappa shape index (κ3) is 1.26. The van der Waals surface area contributed by atoms with Gasteiger partial charge in [-0.05, 0) is 0 Å². The minimum absolute atomic E-state index is 0. The Morgan fingerprint density at radius 3 is 2.57 bits per heavy atom. The lowest BCUT2D eigenvalue weighted by atomic mass is 10.7. The Bertz CT molecular complexity index is 113. The zero-order valence-corrected chi connectivity index (χ0v) is 3.05. The first-order chi connectivity index (χ1) is 2.89. The van der Waals surface area contributed by atoms with Gasteiger partial charge in [-0.15, -0.1) is 0 Å². The van der Waals surface area contributed by atoms with E-state index >= 15 is 0 Å². The zero-order valence-electron chi connectivity index (χ0n) is 3.05. The second-order valence-corrected chi connectivity index (χ2v) is 0.942. The topological polar surface area (TPSA) is 48.9 Å². The standard InChI is InChI=1S/C3H4N2O.CH4/c6-3-1-2-4-5-3;/h1-2H,(H2,4,5,6);1H4. The predicted molar refractivity (Wildman–Crippen MR) is 27.0 cm³/mol. The smallest absolute Gasteiger partial charge is 0.206 e. The summed E-state index contributed by atoms with van der Waals surface area (Å²) in [5.41, 5.74) is 0. The summed E-state index contributed by atoms with van der Waals surface area (Å²) < 4.78 is 0. The van der Waals surface area contributed by atoms with Crippen LogP contribution >= 0.6 is 0 Å². The van der Waals surface area contributed by atoms with Crippen molar-refractivity contribution in [3.63, 3.8) is 0 Å². The van der Waals surface area contributed by atoms with Crippen LogP contribution in [0.15, 0.2) is 12.3 Å². The SMILES string of the molecule is C.Oc1ccn[nH]1. The fourth-order valence-corrected chi connectivity index (χ4v) is 0.249. The number of rotatable bonds is 0. The van der Waals surface area contributed by atoms with Crippen molar-refractivity contribution in [3.05, 3.63) is 12.3 Å². The van der Waals surface area contributed by atoms with Crippen molar-refractivity contribution >= 4 is 0 Å². The van der Waals surface area contributed by atoms with Gasteiger partial charge in [0.05, 0.1) is 6.20 Å². The van der Waals surface area contributed by atoms with Crippen molar-refractivity contribution in [1.29, 1.82) is 0 Å². The summed E-state index contributed by atoms with van der Waals surface area (Å²) in [5.74, 6) is 0.106. The van der Waals surface area contributed by atoms with Crippen LogP contribution in [0.4, 0.5) is 0 Å². The highest BCUT2D eigenvalue weighted by Crippen LogP contribution is 1.94. The first kappa shape index (κ1) is 6.01. The van der Waals surface area contributed by atoms with Crippen molar-refractivity contribution in [3.8, 4) is 5.88 Å². The van der Waals surface area contributed by atoms with Crippen LogP contribution in [0.2, 0.25) is 0 Å². The number of H-pyrrole nitrogens is 1. The molecule has 1 heterocycles. The van der Waals surface area contributed by atoms with Gasteiger partial charge in [-0.1, -0.05) is 7.43 Å². The summed E-state index contributed by atoms with van der Waals surface area (Å²) >= 11 is 0. The second-order valence-electron chi connectivity index (χ2n) is 0.942. The molecule has 0 aliphatic heterocycles. The van der Waals surface area contributed by atoms with E-state index in [4.69, 9.17) is 5.11 Å². The number of aromatic amines is 1. The Hall–Kier alpha value is -0.990. The fraction of sp³-hybridized carbons (Fsp3) is 0.250. The maximum Gasteiger partial charge on any atom is 0.206 e. The molecule has 7 heavy (non-hydrogen) atoms. The zero-order chi connectivity index (χ0) is 4.41. The molecule has 3 heteroatoms. The van der Waals surface area contributed by atoms with Gasteiger partial charge >= 0.3 is 0 Å². The Morgan fingerprint density at radius 2 is 2.43 bits per heavy atom. The van der Waals surface area contributed by atoms with Crippen molar-refractivity contribution in [2.45, 2.75) is 7.43 Å². The van der Waals surface area contributed by atoms with Crippen molar-refractivity contribution in [1.82, 2.24) is 10.2 Å². The molecule has 0 fully saturated rings. The van der Waals surface area contributed by atoms with Crippen molar-refractivity contribution < 1.29 is 5.11 Å². The van der Waals surface area contributed by atoms with Crippen LogP contribution < -0.4 is 0 Å². The molecule has 0 spiro atoms. The molecule has 0 aromatic carbocycles. The Morgan fingerprint density at radius 1 is 1.71 bits per heavy atom. The van der Waals surface area contributed by atoms with Crippen LogP contribution in [-0.4, -0.2) is 15.3 Å². The number of nitrogens with one attached hydrogen (secondary N) is 1. The van der Waals surface area contributed by atoms with Gasteiger partial charge < -0.3 is 5.11 Å². The maximum absolute atomic E-state index is 8.35. The monoisotopic (exact) mass is 100 g/mol. The molecular formula is C4H8N2O. The molecule has 0 radical (unpaired) electrons. The van der Waals surface area contributed by atoms with Gasteiger partial charge in [-0.2, -0.15) is 5.10 Å². The minimum Gasteiger partial charge on any atom is -0.494 e. The van der Waals surface area contributed by atoms with E-state index in [9.17, 15) is 0 Å². The van der Waals surface area contributed by atoms with Crippen LogP contribution in [0.1, 0.15) is 7.43 Å². The van der Waals surface area contributed by atoms with Crippen LogP contribution in [0, 0.1) is 0 Å². The molecule has 0 saturated heterocycles. The van der Waals surface area contributed by atoms with Crippen molar-refractivity contribution in [2.24, 2.45) is 0 Å². The maximum atomic E-state index is 8.35. The summed E-state index contributed by atoms with van der Waals surface area (Å²) in [7, 11) is 0. The highest BCUT2D eigenvalue weighted by molar-refractivity contribution is 5.00. The lowest BCUT2D eigenvalue weighted by Crippen LogP contribution is -1.59. The van der Waals surface area contributed by atoms with Gasteiger partial charge in [0, 0.05) is 6.07 Å². The molecule has 0 aliphatic carbocycles. The van der Waals surface area contributed by atoms with E-state index in [0.29, 0.717) is 0 Å². The lowest BCUT2D eigenvalue weighted by molar-refractivity contribution is 0.452. The molecular weight excluding hydrogens is 92.1 g/mol. The fourth-order valence-electron chi connectivity index (χ4n) is 0.249. The summed E-state index contributed by atoms with van der Waals surface area (Å²) in [6, 6.07) is 1.47. The third-order valence-electron chi connectivity index (χ3n) is 0.486. The van der Waals surface area contributed by atoms with E-state index in [1.807, 2.05) is 0 Å². The van der Waals surface area contributed by atoms with Gasteiger partial charge in [-0.25, -0.2) is 5.10 Å². The molecule has 0 saturated carbocycles. The first-order valence-corrected chi connectivity index (χ1v) is 1.58. The van der Waals surface area contributed by atoms with Crippen LogP contribution in [-0.2, 0) is 0 Å². The van der Waals surface area contributed by atoms with E-state index in [2.05, 4.69) is 10.2 Å². The van der Waals surface area contributed by atoms with Gasteiger partial charge in [0.2, 0.25) is 5.88 Å².